The minimum atomic E-state index is -0.736. The number of urea groups is 1. The number of nitrogens with zero attached hydrogens (tertiary/aromatic N) is 4. The van der Waals surface area contributed by atoms with Crippen LogP contribution in [0.4, 0.5) is 26.2 Å². The molecular formula is C15H14FN7O. The quantitative estimate of drug-likeness (QED) is 0.633. The van der Waals surface area contributed by atoms with Crippen LogP contribution in [0.25, 0.3) is 11.4 Å². The number of nitrogen functional groups attached to an aromatic ring is 1. The van der Waals surface area contributed by atoms with E-state index in [4.69, 9.17) is 11.5 Å². The molecule has 0 spiro atoms. The lowest BCUT2D eigenvalue weighted by atomic mass is 10.1. The molecule has 0 radical (unpaired) electrons. The number of aromatic amines is 1. The number of rotatable bonds is 4. The second kappa shape index (κ2) is 6.32. The molecule has 2 amide bonds. The standard InChI is InChI=1S/C15H14FN7O/c16-8-9-2-1-3-11(6-9)23(15(18)24)13-5-4-10(17)7-12(13)14-19-21-22-20-14/h1-7H,8,17H2,(H2,18,24)(H,19,20,21,22). The highest BCUT2D eigenvalue weighted by Gasteiger charge is 2.21. The van der Waals surface area contributed by atoms with Crippen LogP contribution in [-0.4, -0.2) is 26.7 Å². The molecule has 0 unspecified atom stereocenters. The van der Waals surface area contributed by atoms with E-state index >= 15 is 0 Å². The Morgan fingerprint density at radius 2 is 2.08 bits per heavy atom. The fraction of sp³-hybridized carbons (Fsp3) is 0.0667. The molecule has 1 heterocycles. The summed E-state index contributed by atoms with van der Waals surface area (Å²) >= 11 is 0. The molecule has 9 heteroatoms. The molecule has 3 aromatic rings. The second-order valence-electron chi connectivity index (χ2n) is 4.99. The number of aromatic nitrogens is 4. The number of halogens is 1. The maximum Gasteiger partial charge on any atom is 0.323 e. The van der Waals surface area contributed by atoms with Gasteiger partial charge in [-0.25, -0.2) is 9.18 Å². The average molecular weight is 327 g/mol. The van der Waals surface area contributed by atoms with Crippen LogP contribution in [0.15, 0.2) is 42.5 Å². The number of carbonyl (C=O) groups is 1. The lowest BCUT2D eigenvalue weighted by Crippen LogP contribution is -2.32. The van der Waals surface area contributed by atoms with Gasteiger partial charge in [-0.15, -0.1) is 10.2 Å². The number of nitrogens with one attached hydrogen (secondary N) is 1. The van der Waals surface area contributed by atoms with Crippen molar-refractivity contribution in [3.05, 3.63) is 48.0 Å². The summed E-state index contributed by atoms with van der Waals surface area (Å²) in [6.07, 6.45) is 0. The summed E-state index contributed by atoms with van der Waals surface area (Å²) in [7, 11) is 0. The average Bonchev–Trinajstić information content (AvgIpc) is 3.10. The van der Waals surface area contributed by atoms with Crippen LogP contribution in [0.1, 0.15) is 5.56 Å². The Morgan fingerprint density at radius 1 is 1.25 bits per heavy atom. The molecule has 0 aliphatic carbocycles. The minimum absolute atomic E-state index is 0.255. The third kappa shape index (κ3) is 2.86. The highest BCUT2D eigenvalue weighted by Crippen LogP contribution is 2.35. The molecule has 0 aliphatic heterocycles. The van der Waals surface area contributed by atoms with Crippen molar-refractivity contribution >= 4 is 23.1 Å². The Kier molecular flexibility index (Phi) is 4.06. The first-order valence-corrected chi connectivity index (χ1v) is 6.98. The zero-order chi connectivity index (χ0) is 17.1. The molecule has 1 aromatic heterocycles. The van der Waals surface area contributed by atoms with Crippen LogP contribution in [0.3, 0.4) is 0 Å². The van der Waals surface area contributed by atoms with Gasteiger partial charge >= 0.3 is 6.03 Å². The first-order valence-electron chi connectivity index (χ1n) is 6.98. The summed E-state index contributed by atoms with van der Waals surface area (Å²) < 4.78 is 12.9. The van der Waals surface area contributed by atoms with Crippen molar-refractivity contribution in [2.24, 2.45) is 5.73 Å². The fourth-order valence-corrected chi connectivity index (χ4v) is 2.37. The number of alkyl halides is 1. The molecule has 3 rings (SSSR count). The molecule has 2 aromatic carbocycles. The van der Waals surface area contributed by atoms with Crippen LogP contribution in [0.2, 0.25) is 0 Å². The fourth-order valence-electron chi connectivity index (χ4n) is 2.37. The van der Waals surface area contributed by atoms with Gasteiger partial charge in [0.1, 0.15) is 6.67 Å². The van der Waals surface area contributed by atoms with E-state index in [0.717, 1.165) is 0 Å². The maximum absolute atomic E-state index is 12.9. The number of hydrogen-bond donors (Lipinski definition) is 3. The molecular weight excluding hydrogens is 313 g/mol. The van der Waals surface area contributed by atoms with E-state index < -0.39 is 12.7 Å². The third-order valence-corrected chi connectivity index (χ3v) is 3.39. The van der Waals surface area contributed by atoms with Crippen molar-refractivity contribution in [3.8, 4) is 11.4 Å². The zero-order valence-electron chi connectivity index (χ0n) is 12.5. The lowest BCUT2D eigenvalue weighted by Gasteiger charge is -2.23. The largest absolute Gasteiger partial charge is 0.399 e. The topological polar surface area (TPSA) is 127 Å². The third-order valence-electron chi connectivity index (χ3n) is 3.39. The molecule has 0 bridgehead atoms. The van der Waals surface area contributed by atoms with Crippen molar-refractivity contribution < 1.29 is 9.18 Å². The van der Waals surface area contributed by atoms with Gasteiger partial charge in [0.2, 0.25) is 5.82 Å². The Labute approximate surface area is 136 Å². The van der Waals surface area contributed by atoms with Crippen LogP contribution < -0.4 is 16.4 Å². The van der Waals surface area contributed by atoms with Gasteiger partial charge < -0.3 is 11.5 Å². The van der Waals surface area contributed by atoms with E-state index in [2.05, 4.69) is 20.6 Å². The minimum Gasteiger partial charge on any atom is -0.399 e. The Hall–Kier alpha value is -3.49. The molecule has 5 N–H and O–H groups in total. The molecule has 0 fully saturated rings. The summed E-state index contributed by atoms with van der Waals surface area (Å²) in [5.41, 5.74) is 13.6. The first kappa shape index (κ1) is 15.4. The van der Waals surface area contributed by atoms with Gasteiger partial charge in [0.15, 0.2) is 0 Å². The lowest BCUT2D eigenvalue weighted by molar-refractivity contribution is 0.256. The van der Waals surface area contributed by atoms with Gasteiger partial charge in [-0.2, -0.15) is 5.21 Å². The number of tetrazole rings is 1. The molecule has 0 saturated carbocycles. The number of amides is 2. The molecule has 0 saturated heterocycles. The number of anilines is 3. The van der Waals surface area contributed by atoms with E-state index in [1.807, 2.05) is 0 Å². The predicted octanol–water partition coefficient (Wildman–Crippen LogP) is 2.14. The van der Waals surface area contributed by atoms with Crippen LogP contribution >= 0.6 is 0 Å². The SMILES string of the molecule is NC(=O)N(c1cccc(CF)c1)c1ccc(N)cc1-c1nn[nH]n1. The zero-order valence-corrected chi connectivity index (χ0v) is 12.5. The van der Waals surface area contributed by atoms with Gasteiger partial charge in [-0.05, 0) is 41.1 Å². The van der Waals surface area contributed by atoms with Crippen LogP contribution in [0, 0.1) is 0 Å². The molecule has 24 heavy (non-hydrogen) atoms. The second-order valence-corrected chi connectivity index (χ2v) is 4.99. The van der Waals surface area contributed by atoms with Crippen LogP contribution in [0.5, 0.6) is 0 Å². The molecule has 0 aliphatic rings. The van der Waals surface area contributed by atoms with Gasteiger partial charge in [0.05, 0.1) is 11.4 Å². The van der Waals surface area contributed by atoms with Crippen molar-refractivity contribution in [1.82, 2.24) is 20.6 Å². The number of carbonyl (C=O) groups excluding carboxylic acids is 1. The summed E-state index contributed by atoms with van der Waals surface area (Å²) in [6, 6.07) is 10.6. The van der Waals surface area contributed by atoms with E-state index in [9.17, 15) is 9.18 Å². The number of H-pyrrole nitrogens is 1. The highest BCUT2D eigenvalue weighted by molar-refractivity contribution is 6.02. The number of benzene rings is 2. The summed E-state index contributed by atoms with van der Waals surface area (Å²) in [6.45, 7) is -0.653. The van der Waals surface area contributed by atoms with Crippen LogP contribution in [-0.2, 0) is 6.67 Å². The summed E-state index contributed by atoms with van der Waals surface area (Å²) in [5, 5.41) is 13.7. The van der Waals surface area contributed by atoms with E-state index in [1.165, 1.54) is 4.90 Å². The van der Waals surface area contributed by atoms with Gasteiger partial charge in [-0.1, -0.05) is 12.1 Å². The van der Waals surface area contributed by atoms with Gasteiger partial charge in [-0.3, -0.25) is 4.90 Å². The summed E-state index contributed by atoms with van der Waals surface area (Å²) in [4.78, 5) is 13.3. The first-order chi connectivity index (χ1) is 11.6. The van der Waals surface area contributed by atoms with E-state index in [1.54, 1.807) is 42.5 Å². The number of primary amides is 1. The Balaban J connectivity index is 2.18. The van der Waals surface area contributed by atoms with Gasteiger partial charge in [0.25, 0.3) is 0 Å². The van der Waals surface area contributed by atoms with Gasteiger partial charge in [0, 0.05) is 11.3 Å². The highest BCUT2D eigenvalue weighted by atomic mass is 19.1. The normalized spacial score (nSPS) is 10.5. The van der Waals surface area contributed by atoms with E-state index in [0.29, 0.717) is 28.2 Å². The number of hydrogen-bond acceptors (Lipinski definition) is 5. The smallest absolute Gasteiger partial charge is 0.323 e. The summed E-state index contributed by atoms with van der Waals surface area (Å²) in [5.74, 6) is 0.255. The van der Waals surface area contributed by atoms with Crippen molar-refractivity contribution in [2.75, 3.05) is 10.6 Å². The van der Waals surface area contributed by atoms with E-state index in [-0.39, 0.29) is 5.82 Å². The molecule has 122 valence electrons. The predicted molar refractivity (Wildman–Crippen MR) is 87.0 cm³/mol. The van der Waals surface area contributed by atoms with Crippen molar-refractivity contribution in [2.45, 2.75) is 6.67 Å². The molecule has 0 atom stereocenters. The Morgan fingerprint density at radius 3 is 2.75 bits per heavy atom. The molecule has 8 nitrogen and oxygen atoms in total. The van der Waals surface area contributed by atoms with Crippen molar-refractivity contribution in [3.63, 3.8) is 0 Å². The number of nitrogens with two attached hydrogens (primary N) is 2. The monoisotopic (exact) mass is 327 g/mol. The maximum atomic E-state index is 12.9. The van der Waals surface area contributed by atoms with Crippen molar-refractivity contribution in [1.29, 1.82) is 0 Å². The Bertz CT molecular complexity index is 866.